The van der Waals surface area contributed by atoms with Crippen LogP contribution in [0.2, 0.25) is 0 Å². The van der Waals surface area contributed by atoms with Gasteiger partial charge in [0.1, 0.15) is 23.2 Å². The quantitative estimate of drug-likeness (QED) is 0.671. The maximum Gasteiger partial charge on any atom is 0.349 e. The van der Waals surface area contributed by atoms with Gasteiger partial charge in [0.25, 0.3) is 5.91 Å². The van der Waals surface area contributed by atoms with Gasteiger partial charge in [0, 0.05) is 12.3 Å². The highest BCUT2D eigenvalue weighted by atomic mass is 16.5. The molecule has 0 aliphatic carbocycles. The molecular weight excluding hydrogens is 358 g/mol. The van der Waals surface area contributed by atoms with Crippen molar-refractivity contribution in [1.29, 1.82) is 0 Å². The van der Waals surface area contributed by atoms with Crippen LogP contribution < -0.4 is 15.7 Å². The second-order valence-corrected chi connectivity index (χ2v) is 7.03. The van der Waals surface area contributed by atoms with E-state index in [2.05, 4.69) is 12.2 Å². The van der Waals surface area contributed by atoms with Gasteiger partial charge >= 0.3 is 5.63 Å². The first kappa shape index (κ1) is 20.1. The molecule has 1 unspecified atom stereocenters. The Morgan fingerprint density at radius 2 is 2.04 bits per heavy atom. The van der Waals surface area contributed by atoms with Crippen molar-refractivity contribution >= 4 is 11.6 Å². The first-order valence-electron chi connectivity index (χ1n) is 9.89. The van der Waals surface area contributed by atoms with E-state index in [-0.39, 0.29) is 11.7 Å². The smallest absolute Gasteiger partial charge is 0.349 e. The van der Waals surface area contributed by atoms with Gasteiger partial charge in [0.2, 0.25) is 0 Å². The highest BCUT2D eigenvalue weighted by Gasteiger charge is 2.24. The molecule has 0 saturated carbocycles. The average molecular weight is 385 g/mol. The molecule has 6 heteroatoms. The monoisotopic (exact) mass is 385 g/mol. The molecule has 6 nitrogen and oxygen atoms in total. The molecule has 1 aromatic heterocycles. The molecule has 1 fully saturated rings. The topological polar surface area (TPSA) is 77.8 Å². The van der Waals surface area contributed by atoms with E-state index >= 15 is 0 Å². The predicted octanol–water partition coefficient (Wildman–Crippen LogP) is 4.62. The molecule has 0 bridgehead atoms. The van der Waals surface area contributed by atoms with Crippen molar-refractivity contribution in [3.05, 3.63) is 57.6 Å². The van der Waals surface area contributed by atoms with Crippen LogP contribution in [0.5, 0.6) is 5.75 Å². The number of benzene rings is 1. The van der Waals surface area contributed by atoms with Crippen molar-refractivity contribution in [2.24, 2.45) is 0 Å². The number of aryl methyl sites for hydroxylation is 1. The minimum Gasteiger partial charge on any atom is -0.494 e. The number of carbonyl (C=O) groups is 1. The maximum atomic E-state index is 12.6. The minimum atomic E-state index is -0.640. The summed E-state index contributed by atoms with van der Waals surface area (Å²) in [5.41, 5.74) is 0.545. The zero-order chi connectivity index (χ0) is 19.9. The molecule has 1 saturated heterocycles. The second kappa shape index (κ2) is 9.55. The van der Waals surface area contributed by atoms with E-state index in [4.69, 9.17) is 13.9 Å². The van der Waals surface area contributed by atoms with Crippen LogP contribution in [0.15, 0.2) is 39.5 Å². The molecule has 1 amide bonds. The van der Waals surface area contributed by atoms with Crippen LogP contribution in [0.1, 0.15) is 66.8 Å². The van der Waals surface area contributed by atoms with Gasteiger partial charge in [0.05, 0.1) is 6.61 Å². The van der Waals surface area contributed by atoms with Crippen molar-refractivity contribution in [3.8, 4) is 5.75 Å². The normalized spacial score (nSPS) is 16.1. The summed E-state index contributed by atoms with van der Waals surface area (Å²) >= 11 is 0. The van der Waals surface area contributed by atoms with Gasteiger partial charge in [-0.1, -0.05) is 19.8 Å². The van der Waals surface area contributed by atoms with Gasteiger partial charge in [-0.2, -0.15) is 0 Å². The van der Waals surface area contributed by atoms with Crippen LogP contribution in [-0.4, -0.2) is 19.1 Å². The molecule has 2 heterocycles. The summed E-state index contributed by atoms with van der Waals surface area (Å²) in [6.45, 7) is 5.22. The van der Waals surface area contributed by atoms with E-state index in [0.29, 0.717) is 30.2 Å². The molecule has 28 heavy (non-hydrogen) atoms. The molecule has 0 spiro atoms. The Labute approximate surface area is 164 Å². The third-order valence-corrected chi connectivity index (χ3v) is 4.77. The third kappa shape index (κ3) is 5.01. The number of hydrogen-bond donors (Lipinski definition) is 1. The summed E-state index contributed by atoms with van der Waals surface area (Å²) in [5, 5.41) is 2.75. The summed E-state index contributed by atoms with van der Waals surface area (Å²) in [5.74, 6) is 0.758. The fourth-order valence-electron chi connectivity index (χ4n) is 3.24. The first-order chi connectivity index (χ1) is 13.6. The Balaban J connectivity index is 1.65. The lowest BCUT2D eigenvalue weighted by molar-refractivity contribution is 0.0895. The summed E-state index contributed by atoms with van der Waals surface area (Å²) in [7, 11) is 0. The van der Waals surface area contributed by atoms with E-state index in [1.165, 1.54) is 0 Å². The molecule has 1 atom stereocenters. The third-order valence-electron chi connectivity index (χ3n) is 4.77. The van der Waals surface area contributed by atoms with E-state index in [9.17, 15) is 9.59 Å². The average Bonchev–Trinajstić information content (AvgIpc) is 3.21. The minimum absolute atomic E-state index is 0.0154. The standard InChI is InChI=1S/C22H27NO5/c1-3-4-5-12-26-17-10-8-16(9-11-17)23-21(24)20-15(2)14-19(28-22(20)25)18-7-6-13-27-18/h8-11,14,18H,3-7,12-13H2,1-2H3,(H,23,24). The number of ether oxygens (including phenoxy) is 2. The Bertz CT molecular complexity index is 850. The lowest BCUT2D eigenvalue weighted by Crippen LogP contribution is -2.23. The molecule has 2 aromatic rings. The van der Waals surface area contributed by atoms with Crippen molar-refractivity contribution in [3.63, 3.8) is 0 Å². The number of hydrogen-bond acceptors (Lipinski definition) is 5. The second-order valence-electron chi connectivity index (χ2n) is 7.03. The van der Waals surface area contributed by atoms with Crippen LogP contribution in [0.25, 0.3) is 0 Å². The summed E-state index contributed by atoms with van der Waals surface area (Å²) in [4.78, 5) is 25.0. The maximum absolute atomic E-state index is 12.6. The van der Waals surface area contributed by atoms with Crippen molar-refractivity contribution in [2.75, 3.05) is 18.5 Å². The van der Waals surface area contributed by atoms with Gasteiger partial charge < -0.3 is 19.2 Å². The number of rotatable bonds is 8. The molecule has 1 aromatic carbocycles. The SMILES string of the molecule is CCCCCOc1ccc(NC(=O)c2c(C)cc(C3CCCO3)oc2=O)cc1. The molecule has 1 aliphatic rings. The van der Waals surface area contributed by atoms with Gasteiger partial charge in [-0.3, -0.25) is 4.79 Å². The first-order valence-corrected chi connectivity index (χ1v) is 9.89. The van der Waals surface area contributed by atoms with Crippen molar-refractivity contribution < 1.29 is 18.7 Å². The molecule has 1 aliphatic heterocycles. The van der Waals surface area contributed by atoms with Crippen LogP contribution in [-0.2, 0) is 4.74 Å². The van der Waals surface area contributed by atoms with E-state index in [1.54, 1.807) is 37.3 Å². The Morgan fingerprint density at radius 1 is 1.25 bits per heavy atom. The van der Waals surface area contributed by atoms with Crippen molar-refractivity contribution in [1.82, 2.24) is 0 Å². The Kier molecular flexibility index (Phi) is 6.87. The number of amides is 1. The molecule has 3 rings (SSSR count). The predicted molar refractivity (Wildman–Crippen MR) is 107 cm³/mol. The molecule has 0 radical (unpaired) electrons. The number of anilines is 1. The number of carbonyl (C=O) groups excluding carboxylic acids is 1. The number of nitrogens with one attached hydrogen (secondary N) is 1. The van der Waals surface area contributed by atoms with Gasteiger partial charge in [-0.25, -0.2) is 4.79 Å². The lowest BCUT2D eigenvalue weighted by Gasteiger charge is -2.12. The fourth-order valence-corrected chi connectivity index (χ4v) is 3.24. The van der Waals surface area contributed by atoms with Crippen LogP contribution in [0.3, 0.4) is 0 Å². The summed E-state index contributed by atoms with van der Waals surface area (Å²) in [6.07, 6.45) is 4.87. The Morgan fingerprint density at radius 3 is 2.68 bits per heavy atom. The molecular formula is C22H27NO5. The van der Waals surface area contributed by atoms with Gasteiger partial charge in [0.15, 0.2) is 0 Å². The van der Waals surface area contributed by atoms with E-state index in [0.717, 1.165) is 37.9 Å². The lowest BCUT2D eigenvalue weighted by atomic mass is 10.1. The van der Waals surface area contributed by atoms with Crippen LogP contribution >= 0.6 is 0 Å². The fraction of sp³-hybridized carbons (Fsp3) is 0.455. The summed E-state index contributed by atoms with van der Waals surface area (Å²) < 4.78 is 16.6. The largest absolute Gasteiger partial charge is 0.494 e. The van der Waals surface area contributed by atoms with E-state index in [1.807, 2.05) is 0 Å². The van der Waals surface area contributed by atoms with Crippen molar-refractivity contribution in [2.45, 2.75) is 52.1 Å². The van der Waals surface area contributed by atoms with Gasteiger partial charge in [-0.05, 0) is 62.1 Å². The summed E-state index contributed by atoms with van der Waals surface area (Å²) in [6, 6.07) is 8.84. The van der Waals surface area contributed by atoms with Gasteiger partial charge in [-0.15, -0.1) is 0 Å². The van der Waals surface area contributed by atoms with Crippen LogP contribution in [0, 0.1) is 6.92 Å². The van der Waals surface area contributed by atoms with E-state index < -0.39 is 11.5 Å². The Hall–Kier alpha value is -2.60. The highest BCUT2D eigenvalue weighted by molar-refractivity contribution is 6.04. The highest BCUT2D eigenvalue weighted by Crippen LogP contribution is 2.28. The number of unbranched alkanes of at least 4 members (excludes halogenated alkanes) is 2. The van der Waals surface area contributed by atoms with Crippen LogP contribution in [0.4, 0.5) is 5.69 Å². The molecule has 150 valence electrons. The zero-order valence-corrected chi connectivity index (χ0v) is 16.5. The molecule has 1 N–H and O–H groups in total. The zero-order valence-electron chi connectivity index (χ0n) is 16.5.